The van der Waals surface area contributed by atoms with Gasteiger partial charge in [-0.1, -0.05) is 0 Å². The first-order valence-corrected chi connectivity index (χ1v) is 9.97. The first-order valence-electron chi connectivity index (χ1n) is 9.09. The number of anilines is 2. The Hall–Kier alpha value is -4.03. The molecule has 0 aliphatic carbocycles. The van der Waals surface area contributed by atoms with Crippen LogP contribution in [0.1, 0.15) is 0 Å². The Labute approximate surface area is 175 Å². The minimum Gasteiger partial charge on any atom is -0.478 e. The van der Waals surface area contributed by atoms with Crippen LogP contribution in [0.15, 0.2) is 54.6 Å². The number of hydrogen-bond donors (Lipinski definition) is 1. The molecule has 30 heavy (non-hydrogen) atoms. The summed E-state index contributed by atoms with van der Waals surface area (Å²) in [6.07, 6.45) is 5.21. The third-order valence-corrected chi connectivity index (χ3v) is 5.42. The van der Waals surface area contributed by atoms with Gasteiger partial charge in [-0.2, -0.15) is 10.4 Å². The lowest BCUT2D eigenvalue weighted by atomic mass is 10.1. The minimum absolute atomic E-state index is 0.0766. The van der Waals surface area contributed by atoms with E-state index in [2.05, 4.69) is 25.4 Å². The van der Waals surface area contributed by atoms with Crippen molar-refractivity contribution in [1.29, 1.82) is 5.26 Å². The van der Waals surface area contributed by atoms with Crippen molar-refractivity contribution in [3.05, 3.63) is 54.6 Å². The predicted molar refractivity (Wildman–Crippen MR) is 116 cm³/mol. The Kier molecular flexibility index (Phi) is 4.46. The molecule has 0 fully saturated rings. The van der Waals surface area contributed by atoms with Gasteiger partial charge in [0.15, 0.2) is 6.61 Å². The molecule has 0 saturated heterocycles. The zero-order valence-corrected chi connectivity index (χ0v) is 16.7. The van der Waals surface area contributed by atoms with Crippen LogP contribution in [0.4, 0.5) is 11.5 Å². The fourth-order valence-electron chi connectivity index (χ4n) is 3.28. The Morgan fingerprint density at radius 2 is 2.07 bits per heavy atom. The zero-order chi connectivity index (χ0) is 20.5. The summed E-state index contributed by atoms with van der Waals surface area (Å²) in [5, 5.41) is 17.3. The molecule has 146 valence electrons. The molecule has 1 N–H and O–H groups in total. The molecule has 0 aliphatic rings. The molecule has 0 saturated carbocycles. The van der Waals surface area contributed by atoms with Gasteiger partial charge in [0.05, 0.1) is 32.8 Å². The standard InChI is InChI=1S/C21H15N7OS/c1-28-10-14(9-26-28)13-6-17-20(18(7-13)29-5-4-22)21(24-11-23-17)27-15-2-3-16-19(8-15)30-12-25-16/h2-3,6-12H,5H2,1H3,(H,23,24,27). The van der Waals surface area contributed by atoms with E-state index >= 15 is 0 Å². The van der Waals surface area contributed by atoms with E-state index in [1.807, 2.05) is 55.2 Å². The Morgan fingerprint density at radius 3 is 2.90 bits per heavy atom. The first-order chi connectivity index (χ1) is 14.7. The maximum Gasteiger partial charge on any atom is 0.174 e. The molecule has 0 unspecified atom stereocenters. The summed E-state index contributed by atoms with van der Waals surface area (Å²) in [6.45, 7) is -0.0766. The van der Waals surface area contributed by atoms with Gasteiger partial charge in [-0.05, 0) is 35.9 Å². The Morgan fingerprint density at radius 1 is 1.13 bits per heavy atom. The second-order valence-electron chi connectivity index (χ2n) is 6.60. The summed E-state index contributed by atoms with van der Waals surface area (Å²) in [7, 11) is 1.86. The number of aromatic nitrogens is 5. The molecule has 5 aromatic rings. The second kappa shape index (κ2) is 7.42. The SMILES string of the molecule is Cn1cc(-c2cc(OCC#N)c3c(Nc4ccc5ncsc5c4)ncnc3c2)cn1. The molecule has 3 heterocycles. The number of nitrogens with zero attached hydrogens (tertiary/aromatic N) is 6. The molecule has 3 aromatic heterocycles. The van der Waals surface area contributed by atoms with Gasteiger partial charge in [-0.3, -0.25) is 4.68 Å². The average Bonchev–Trinajstić information content (AvgIpc) is 3.40. The van der Waals surface area contributed by atoms with Crippen LogP contribution in [-0.4, -0.2) is 31.3 Å². The second-order valence-corrected chi connectivity index (χ2v) is 7.49. The van der Waals surface area contributed by atoms with Gasteiger partial charge in [-0.25, -0.2) is 15.0 Å². The van der Waals surface area contributed by atoms with Crippen molar-refractivity contribution < 1.29 is 4.74 Å². The molecule has 0 amide bonds. The van der Waals surface area contributed by atoms with Gasteiger partial charge in [0.25, 0.3) is 0 Å². The predicted octanol–water partition coefficient (Wildman–Crippen LogP) is 4.29. The summed E-state index contributed by atoms with van der Waals surface area (Å²) in [6, 6.07) is 11.8. The van der Waals surface area contributed by atoms with Crippen LogP contribution in [0.3, 0.4) is 0 Å². The van der Waals surface area contributed by atoms with Crippen LogP contribution < -0.4 is 10.1 Å². The van der Waals surface area contributed by atoms with Crippen molar-refractivity contribution in [3.8, 4) is 22.9 Å². The van der Waals surface area contributed by atoms with Crippen LogP contribution in [-0.2, 0) is 7.05 Å². The molecule has 8 nitrogen and oxygen atoms in total. The first kappa shape index (κ1) is 18.0. The molecule has 2 aromatic carbocycles. The molecule has 0 radical (unpaired) electrons. The number of benzene rings is 2. The van der Waals surface area contributed by atoms with Crippen molar-refractivity contribution in [1.82, 2.24) is 24.7 Å². The topological polar surface area (TPSA) is 102 Å². The largest absolute Gasteiger partial charge is 0.478 e. The Bertz CT molecular complexity index is 1420. The third kappa shape index (κ3) is 3.29. The summed E-state index contributed by atoms with van der Waals surface area (Å²) in [4.78, 5) is 13.2. The molecule has 9 heteroatoms. The maximum atomic E-state index is 9.03. The van der Waals surface area contributed by atoms with Gasteiger partial charge in [-0.15, -0.1) is 11.3 Å². The van der Waals surface area contributed by atoms with Crippen molar-refractivity contribution in [3.63, 3.8) is 0 Å². The van der Waals surface area contributed by atoms with E-state index < -0.39 is 0 Å². The number of aryl methyl sites for hydroxylation is 1. The van der Waals surface area contributed by atoms with E-state index in [0.29, 0.717) is 22.5 Å². The lowest BCUT2D eigenvalue weighted by molar-refractivity contribution is 0.373. The van der Waals surface area contributed by atoms with Gasteiger partial charge in [0.2, 0.25) is 0 Å². The highest BCUT2D eigenvalue weighted by Gasteiger charge is 2.15. The van der Waals surface area contributed by atoms with Crippen LogP contribution >= 0.6 is 11.3 Å². The molecule has 0 bridgehead atoms. The quantitative estimate of drug-likeness (QED) is 0.459. The molecule has 0 aliphatic heterocycles. The molecular formula is C21H15N7OS. The number of rotatable bonds is 5. The number of thiazole rings is 1. The fourth-order valence-corrected chi connectivity index (χ4v) is 4.00. The van der Waals surface area contributed by atoms with E-state index in [4.69, 9.17) is 10.00 Å². The summed E-state index contributed by atoms with van der Waals surface area (Å²) >= 11 is 1.58. The van der Waals surface area contributed by atoms with Gasteiger partial charge in [0.1, 0.15) is 24.0 Å². The minimum atomic E-state index is -0.0766. The molecule has 0 spiro atoms. The van der Waals surface area contributed by atoms with E-state index in [1.165, 1.54) is 6.33 Å². The van der Waals surface area contributed by atoms with Gasteiger partial charge in [0, 0.05) is 24.5 Å². The van der Waals surface area contributed by atoms with Crippen molar-refractivity contribution >= 4 is 44.0 Å². The van der Waals surface area contributed by atoms with Crippen molar-refractivity contribution in [2.75, 3.05) is 11.9 Å². The van der Waals surface area contributed by atoms with E-state index in [1.54, 1.807) is 22.2 Å². The van der Waals surface area contributed by atoms with Gasteiger partial charge < -0.3 is 10.1 Å². The lowest BCUT2D eigenvalue weighted by Gasteiger charge is -2.13. The van der Waals surface area contributed by atoms with Crippen LogP contribution in [0.2, 0.25) is 0 Å². The summed E-state index contributed by atoms with van der Waals surface area (Å²) in [5.41, 5.74) is 6.21. The molecule has 0 atom stereocenters. The van der Waals surface area contributed by atoms with E-state index in [-0.39, 0.29) is 6.61 Å². The number of nitriles is 1. The summed E-state index contributed by atoms with van der Waals surface area (Å²) in [5.74, 6) is 1.14. The van der Waals surface area contributed by atoms with Crippen LogP contribution in [0, 0.1) is 11.3 Å². The highest BCUT2D eigenvalue weighted by Crippen LogP contribution is 2.36. The monoisotopic (exact) mass is 413 g/mol. The van der Waals surface area contributed by atoms with E-state index in [9.17, 15) is 0 Å². The number of hydrogen-bond acceptors (Lipinski definition) is 8. The number of nitrogens with one attached hydrogen (secondary N) is 1. The summed E-state index contributed by atoms with van der Waals surface area (Å²) < 4.78 is 8.57. The van der Waals surface area contributed by atoms with Crippen molar-refractivity contribution in [2.24, 2.45) is 7.05 Å². The average molecular weight is 413 g/mol. The smallest absolute Gasteiger partial charge is 0.174 e. The molecular weight excluding hydrogens is 398 g/mol. The number of ether oxygens (including phenoxy) is 1. The lowest BCUT2D eigenvalue weighted by Crippen LogP contribution is -2.00. The van der Waals surface area contributed by atoms with E-state index in [0.717, 1.165) is 27.0 Å². The molecule has 5 rings (SSSR count). The highest BCUT2D eigenvalue weighted by molar-refractivity contribution is 7.16. The maximum absolute atomic E-state index is 9.03. The van der Waals surface area contributed by atoms with Crippen molar-refractivity contribution in [2.45, 2.75) is 0 Å². The Balaban J connectivity index is 1.63. The zero-order valence-electron chi connectivity index (χ0n) is 15.9. The highest BCUT2D eigenvalue weighted by atomic mass is 32.1. The van der Waals surface area contributed by atoms with Crippen LogP contribution in [0.25, 0.3) is 32.2 Å². The number of fused-ring (bicyclic) bond motifs is 2. The normalized spacial score (nSPS) is 10.9. The fraction of sp³-hybridized carbons (Fsp3) is 0.0952. The third-order valence-electron chi connectivity index (χ3n) is 4.63. The van der Waals surface area contributed by atoms with Gasteiger partial charge >= 0.3 is 0 Å². The van der Waals surface area contributed by atoms with Crippen LogP contribution in [0.5, 0.6) is 5.75 Å².